The third kappa shape index (κ3) is 6.02. The van der Waals surface area contributed by atoms with Crippen molar-refractivity contribution in [3.63, 3.8) is 0 Å². The molecule has 1 aliphatic carbocycles. The van der Waals surface area contributed by atoms with Crippen molar-refractivity contribution in [3.8, 4) is 0 Å². The van der Waals surface area contributed by atoms with Gasteiger partial charge in [-0.3, -0.25) is 14.6 Å². The molecule has 0 spiro atoms. The van der Waals surface area contributed by atoms with E-state index in [0.29, 0.717) is 30.7 Å². The third-order valence-corrected chi connectivity index (χ3v) is 5.61. The lowest BCUT2D eigenvalue weighted by atomic mass is 10.2. The van der Waals surface area contributed by atoms with Crippen LogP contribution < -0.4 is 5.32 Å². The summed E-state index contributed by atoms with van der Waals surface area (Å²) in [6.45, 7) is 6.45. The molecule has 4 rings (SSSR count). The lowest BCUT2D eigenvalue weighted by Crippen LogP contribution is -2.41. The van der Waals surface area contributed by atoms with Crippen molar-refractivity contribution in [2.24, 2.45) is 0 Å². The van der Waals surface area contributed by atoms with Gasteiger partial charge in [-0.25, -0.2) is 4.98 Å². The SMILES string of the molecule is O=C(NC1CC1)c1coc(CN(CCN2CCOCC2)Cc2ccccc2Cl)n1. The van der Waals surface area contributed by atoms with Gasteiger partial charge in [0, 0.05) is 43.8 Å². The van der Waals surface area contributed by atoms with Crippen molar-refractivity contribution >= 4 is 17.5 Å². The molecule has 1 aliphatic heterocycles. The molecule has 1 aromatic heterocycles. The summed E-state index contributed by atoms with van der Waals surface area (Å²) in [4.78, 5) is 21.2. The number of hydrogen-bond acceptors (Lipinski definition) is 6. The first kappa shape index (κ1) is 20.3. The number of morpholine rings is 1. The van der Waals surface area contributed by atoms with Crippen LogP contribution in [0.15, 0.2) is 34.9 Å². The van der Waals surface area contributed by atoms with Crippen LogP contribution in [0.2, 0.25) is 5.02 Å². The lowest BCUT2D eigenvalue weighted by Gasteiger charge is -2.29. The Labute approximate surface area is 176 Å². The summed E-state index contributed by atoms with van der Waals surface area (Å²) in [5.41, 5.74) is 1.41. The number of nitrogens with one attached hydrogen (secondary N) is 1. The molecule has 0 atom stereocenters. The Balaban J connectivity index is 1.40. The predicted molar refractivity (Wildman–Crippen MR) is 110 cm³/mol. The minimum Gasteiger partial charge on any atom is -0.447 e. The molecular formula is C21H27ClN4O3. The molecule has 29 heavy (non-hydrogen) atoms. The van der Waals surface area contributed by atoms with Gasteiger partial charge in [0.05, 0.1) is 19.8 Å². The normalized spacial score (nSPS) is 17.6. The predicted octanol–water partition coefficient (Wildman–Crippen LogP) is 2.55. The van der Waals surface area contributed by atoms with E-state index in [9.17, 15) is 4.79 Å². The molecule has 2 aromatic rings. The summed E-state index contributed by atoms with van der Waals surface area (Å²) in [5, 5.41) is 3.69. The molecule has 1 saturated heterocycles. The number of nitrogens with zero attached hydrogens (tertiary/aromatic N) is 3. The van der Waals surface area contributed by atoms with Crippen molar-refractivity contribution in [2.75, 3.05) is 39.4 Å². The van der Waals surface area contributed by atoms with Crippen LogP contribution in [0.5, 0.6) is 0 Å². The standard InChI is InChI=1S/C21H27ClN4O3/c22-18-4-2-1-3-16(18)13-26(8-7-25-9-11-28-12-10-25)14-20-24-19(15-29-20)21(27)23-17-5-6-17/h1-4,15,17H,5-14H2,(H,23,27). The van der Waals surface area contributed by atoms with E-state index >= 15 is 0 Å². The summed E-state index contributed by atoms with van der Waals surface area (Å²) in [6.07, 6.45) is 3.54. The van der Waals surface area contributed by atoms with Crippen molar-refractivity contribution in [2.45, 2.75) is 32.0 Å². The fourth-order valence-corrected chi connectivity index (χ4v) is 3.55. The van der Waals surface area contributed by atoms with Crippen molar-refractivity contribution in [3.05, 3.63) is 52.7 Å². The molecule has 0 unspecified atom stereocenters. The van der Waals surface area contributed by atoms with E-state index in [1.807, 2.05) is 24.3 Å². The molecule has 1 amide bonds. The average Bonchev–Trinajstić information content (AvgIpc) is 3.43. The van der Waals surface area contributed by atoms with Crippen LogP contribution in [0.25, 0.3) is 0 Å². The van der Waals surface area contributed by atoms with E-state index in [1.54, 1.807) is 0 Å². The van der Waals surface area contributed by atoms with Crippen LogP contribution in [0.1, 0.15) is 34.8 Å². The van der Waals surface area contributed by atoms with Crippen LogP contribution in [0.4, 0.5) is 0 Å². The number of benzene rings is 1. The molecular weight excluding hydrogens is 392 g/mol. The second-order valence-electron chi connectivity index (χ2n) is 7.63. The number of amides is 1. The third-order valence-electron chi connectivity index (χ3n) is 5.24. The van der Waals surface area contributed by atoms with Gasteiger partial charge in [0.1, 0.15) is 6.26 Å². The Hall–Kier alpha value is -1.93. The molecule has 1 N–H and O–H groups in total. The monoisotopic (exact) mass is 418 g/mol. The average molecular weight is 419 g/mol. The van der Waals surface area contributed by atoms with E-state index in [-0.39, 0.29) is 5.91 Å². The van der Waals surface area contributed by atoms with Crippen LogP contribution in [-0.2, 0) is 17.8 Å². The second-order valence-corrected chi connectivity index (χ2v) is 8.04. The fourth-order valence-electron chi connectivity index (χ4n) is 3.36. The number of ether oxygens (including phenoxy) is 1. The molecule has 1 saturated carbocycles. The van der Waals surface area contributed by atoms with Gasteiger partial charge in [-0.15, -0.1) is 0 Å². The largest absolute Gasteiger partial charge is 0.447 e. The zero-order chi connectivity index (χ0) is 20.1. The highest BCUT2D eigenvalue weighted by molar-refractivity contribution is 6.31. The number of carbonyl (C=O) groups excluding carboxylic acids is 1. The Kier molecular flexibility index (Phi) is 6.82. The van der Waals surface area contributed by atoms with E-state index < -0.39 is 0 Å². The van der Waals surface area contributed by atoms with Crippen molar-refractivity contribution < 1.29 is 13.9 Å². The molecule has 2 aliphatic rings. The summed E-state index contributed by atoms with van der Waals surface area (Å²) in [6, 6.07) is 8.17. The highest BCUT2D eigenvalue weighted by atomic mass is 35.5. The number of aromatic nitrogens is 1. The van der Waals surface area contributed by atoms with Gasteiger partial charge in [0.15, 0.2) is 5.69 Å². The first-order valence-corrected chi connectivity index (χ1v) is 10.6. The summed E-state index contributed by atoms with van der Waals surface area (Å²) >= 11 is 6.37. The molecule has 2 heterocycles. The van der Waals surface area contributed by atoms with E-state index in [0.717, 1.165) is 62.8 Å². The summed E-state index contributed by atoms with van der Waals surface area (Å²) in [7, 11) is 0. The Morgan fingerprint density at radius 3 is 2.79 bits per heavy atom. The fraction of sp³-hybridized carbons (Fsp3) is 0.524. The Morgan fingerprint density at radius 1 is 1.24 bits per heavy atom. The first-order chi connectivity index (χ1) is 14.2. The number of rotatable bonds is 9. The van der Waals surface area contributed by atoms with Gasteiger partial charge in [0.25, 0.3) is 5.91 Å². The van der Waals surface area contributed by atoms with Gasteiger partial charge >= 0.3 is 0 Å². The number of hydrogen-bond donors (Lipinski definition) is 1. The van der Waals surface area contributed by atoms with Crippen molar-refractivity contribution in [1.82, 2.24) is 20.1 Å². The smallest absolute Gasteiger partial charge is 0.273 e. The number of oxazole rings is 1. The molecule has 0 bridgehead atoms. The minimum atomic E-state index is -0.159. The van der Waals surface area contributed by atoms with Gasteiger partial charge in [-0.1, -0.05) is 29.8 Å². The van der Waals surface area contributed by atoms with E-state index in [4.69, 9.17) is 20.8 Å². The minimum absolute atomic E-state index is 0.159. The quantitative estimate of drug-likeness (QED) is 0.674. The van der Waals surface area contributed by atoms with Crippen LogP contribution in [0, 0.1) is 0 Å². The maximum atomic E-state index is 12.2. The highest BCUT2D eigenvalue weighted by Crippen LogP contribution is 2.20. The zero-order valence-electron chi connectivity index (χ0n) is 16.5. The number of halogens is 1. The maximum absolute atomic E-state index is 12.2. The van der Waals surface area contributed by atoms with Gasteiger partial charge in [-0.2, -0.15) is 0 Å². The maximum Gasteiger partial charge on any atom is 0.273 e. The second kappa shape index (κ2) is 9.71. The lowest BCUT2D eigenvalue weighted by molar-refractivity contribution is 0.0320. The van der Waals surface area contributed by atoms with E-state index in [1.165, 1.54) is 6.26 Å². The highest BCUT2D eigenvalue weighted by Gasteiger charge is 2.25. The first-order valence-electron chi connectivity index (χ1n) is 10.2. The molecule has 156 valence electrons. The van der Waals surface area contributed by atoms with Crippen LogP contribution in [0.3, 0.4) is 0 Å². The Morgan fingerprint density at radius 2 is 2.03 bits per heavy atom. The molecule has 2 fully saturated rings. The topological polar surface area (TPSA) is 70.8 Å². The van der Waals surface area contributed by atoms with Crippen LogP contribution >= 0.6 is 11.6 Å². The molecule has 0 radical (unpaired) electrons. The van der Waals surface area contributed by atoms with Gasteiger partial charge in [-0.05, 0) is 24.5 Å². The van der Waals surface area contributed by atoms with E-state index in [2.05, 4.69) is 20.1 Å². The summed E-state index contributed by atoms with van der Waals surface area (Å²) in [5.74, 6) is 0.383. The van der Waals surface area contributed by atoms with Crippen molar-refractivity contribution in [1.29, 1.82) is 0 Å². The zero-order valence-corrected chi connectivity index (χ0v) is 17.2. The van der Waals surface area contributed by atoms with Gasteiger partial charge < -0.3 is 14.5 Å². The number of carbonyl (C=O) groups is 1. The molecule has 8 heteroatoms. The van der Waals surface area contributed by atoms with Crippen LogP contribution in [-0.4, -0.2) is 66.1 Å². The molecule has 1 aromatic carbocycles. The molecule has 7 nitrogen and oxygen atoms in total. The van der Waals surface area contributed by atoms with Gasteiger partial charge in [0.2, 0.25) is 5.89 Å². The summed E-state index contributed by atoms with van der Waals surface area (Å²) < 4.78 is 11.0. The Bertz CT molecular complexity index is 818.